The summed E-state index contributed by atoms with van der Waals surface area (Å²) in [5.74, 6) is -2.25. The molecule has 130 valence electrons. The number of carbonyl (C=O) groups excluding carboxylic acids is 1. The first kappa shape index (κ1) is 18.0. The fourth-order valence-corrected chi connectivity index (χ4v) is 3.86. The van der Waals surface area contributed by atoms with E-state index in [0.717, 1.165) is 6.07 Å². The largest absolute Gasteiger partial charge is 0.477 e. The molecule has 1 aromatic carbocycles. The summed E-state index contributed by atoms with van der Waals surface area (Å²) < 4.78 is 63.6. The number of rotatable bonds is 4. The molecule has 0 saturated heterocycles. The first-order chi connectivity index (χ1) is 10.8. The van der Waals surface area contributed by atoms with Crippen molar-refractivity contribution in [3.05, 3.63) is 17.7 Å². The van der Waals surface area contributed by atoms with E-state index in [-0.39, 0.29) is 11.3 Å². The van der Waals surface area contributed by atoms with Crippen LogP contribution in [-0.2, 0) is 29.8 Å². The van der Waals surface area contributed by atoms with Gasteiger partial charge in [-0.3, -0.25) is 13.9 Å². The van der Waals surface area contributed by atoms with E-state index in [1.807, 2.05) is 0 Å². The maximum atomic E-state index is 11.9. The first-order valence-electron chi connectivity index (χ1n) is 6.05. The minimum absolute atomic E-state index is 0.00114. The molecule has 0 aliphatic carbocycles. The van der Waals surface area contributed by atoms with Gasteiger partial charge in [-0.15, -0.1) is 0 Å². The minimum atomic E-state index is -5.07. The third-order valence-electron chi connectivity index (χ3n) is 3.07. The molecule has 24 heavy (non-hydrogen) atoms. The standard InChI is InChI=1S/C11H10N2O9S2/c1-5-2-8(23(17,18)19)9(24(20,21)22)4-7(5)13-10(14)3-6(12-13)11(15)16/h2,4H,3H2,1H3,(H,15,16)(H,17,18,19)(H,20,21,22). The van der Waals surface area contributed by atoms with Crippen molar-refractivity contribution in [1.29, 1.82) is 0 Å². The molecule has 11 nitrogen and oxygen atoms in total. The maximum absolute atomic E-state index is 11.9. The van der Waals surface area contributed by atoms with Gasteiger partial charge < -0.3 is 5.11 Å². The van der Waals surface area contributed by atoms with Gasteiger partial charge in [-0.1, -0.05) is 0 Å². The SMILES string of the molecule is Cc1cc(S(=O)(=O)O)c(S(=O)(=O)O)cc1N1N=C(C(=O)O)CC1=O. The van der Waals surface area contributed by atoms with E-state index in [1.54, 1.807) is 0 Å². The van der Waals surface area contributed by atoms with Crippen LogP contribution in [0.2, 0.25) is 0 Å². The van der Waals surface area contributed by atoms with Crippen molar-refractivity contribution in [1.82, 2.24) is 0 Å². The molecule has 0 radical (unpaired) electrons. The Morgan fingerprint density at radius 2 is 1.62 bits per heavy atom. The lowest BCUT2D eigenvalue weighted by Crippen LogP contribution is -2.21. The molecule has 0 bridgehead atoms. The molecule has 0 aromatic heterocycles. The number of aliphatic carboxylic acids is 1. The zero-order chi connectivity index (χ0) is 18.4. The van der Waals surface area contributed by atoms with Crippen molar-refractivity contribution in [3.63, 3.8) is 0 Å². The molecule has 0 saturated carbocycles. The number of carbonyl (C=O) groups is 2. The van der Waals surface area contributed by atoms with E-state index >= 15 is 0 Å². The molecular weight excluding hydrogens is 368 g/mol. The summed E-state index contributed by atoms with van der Waals surface area (Å²) in [5, 5.41) is 13.0. The second kappa shape index (κ2) is 5.62. The van der Waals surface area contributed by atoms with Crippen molar-refractivity contribution in [2.24, 2.45) is 5.10 Å². The van der Waals surface area contributed by atoms with Crippen molar-refractivity contribution in [3.8, 4) is 0 Å². The van der Waals surface area contributed by atoms with Crippen LogP contribution in [0.1, 0.15) is 12.0 Å². The third-order valence-corrected chi connectivity index (χ3v) is 4.99. The van der Waals surface area contributed by atoms with Gasteiger partial charge in [-0.05, 0) is 24.6 Å². The average Bonchev–Trinajstić information content (AvgIpc) is 2.78. The van der Waals surface area contributed by atoms with Gasteiger partial charge in [0.15, 0.2) is 5.71 Å². The number of hydrogen-bond donors (Lipinski definition) is 3. The second-order valence-corrected chi connectivity index (χ2v) is 7.55. The molecular formula is C11H10N2O9S2. The van der Waals surface area contributed by atoms with E-state index in [1.165, 1.54) is 6.92 Å². The highest BCUT2D eigenvalue weighted by molar-refractivity contribution is 7.89. The summed E-state index contributed by atoms with van der Waals surface area (Å²) >= 11 is 0. The van der Waals surface area contributed by atoms with Crippen LogP contribution in [-0.4, -0.2) is 48.6 Å². The van der Waals surface area contributed by atoms with Gasteiger partial charge in [0.25, 0.3) is 26.1 Å². The van der Waals surface area contributed by atoms with E-state index in [0.29, 0.717) is 11.1 Å². The highest BCUT2D eigenvalue weighted by Crippen LogP contribution is 2.32. The molecule has 1 aromatic rings. The Bertz CT molecular complexity index is 993. The van der Waals surface area contributed by atoms with Gasteiger partial charge >= 0.3 is 5.97 Å². The number of hydrazone groups is 1. The first-order valence-corrected chi connectivity index (χ1v) is 8.93. The highest BCUT2D eigenvalue weighted by Gasteiger charge is 2.33. The van der Waals surface area contributed by atoms with Crippen LogP contribution in [0.5, 0.6) is 0 Å². The van der Waals surface area contributed by atoms with Crippen LogP contribution in [0.25, 0.3) is 0 Å². The molecule has 0 spiro atoms. The smallest absolute Gasteiger partial charge is 0.352 e. The fourth-order valence-electron chi connectivity index (χ4n) is 2.02. The number of nitrogens with zero attached hydrogens (tertiary/aromatic N) is 2. The van der Waals surface area contributed by atoms with Crippen LogP contribution >= 0.6 is 0 Å². The predicted octanol–water partition coefficient (Wildman–Crippen LogP) is -0.334. The number of aryl methyl sites for hydroxylation is 1. The van der Waals surface area contributed by atoms with Crippen molar-refractivity contribution in [2.45, 2.75) is 23.1 Å². The summed E-state index contributed by atoms with van der Waals surface area (Å²) in [7, 11) is -10.1. The summed E-state index contributed by atoms with van der Waals surface area (Å²) in [6.45, 7) is 1.28. The van der Waals surface area contributed by atoms with Gasteiger partial charge in [0.05, 0.1) is 12.1 Å². The molecule has 1 heterocycles. The number of hydrogen-bond acceptors (Lipinski definition) is 7. The average molecular weight is 378 g/mol. The van der Waals surface area contributed by atoms with Gasteiger partial charge in [-0.2, -0.15) is 26.9 Å². The van der Waals surface area contributed by atoms with Gasteiger partial charge in [-0.25, -0.2) is 4.79 Å². The van der Waals surface area contributed by atoms with Gasteiger partial charge in [0, 0.05) is 0 Å². The Morgan fingerprint density at radius 3 is 2.04 bits per heavy atom. The number of carboxylic acid groups (broad SMARTS) is 1. The molecule has 3 N–H and O–H groups in total. The zero-order valence-corrected chi connectivity index (χ0v) is 13.5. The van der Waals surface area contributed by atoms with Crippen LogP contribution in [0, 0.1) is 6.92 Å². The highest BCUT2D eigenvalue weighted by atomic mass is 32.2. The summed E-state index contributed by atoms with van der Waals surface area (Å²) in [4.78, 5) is 20.5. The van der Waals surface area contributed by atoms with E-state index < -0.39 is 54.0 Å². The predicted molar refractivity (Wildman–Crippen MR) is 78.0 cm³/mol. The monoisotopic (exact) mass is 378 g/mol. The Kier molecular flexibility index (Phi) is 4.22. The Hall–Kier alpha value is -2.35. The van der Waals surface area contributed by atoms with Gasteiger partial charge in [0.2, 0.25) is 0 Å². The Labute approximate surface area is 135 Å². The van der Waals surface area contributed by atoms with Crippen LogP contribution < -0.4 is 5.01 Å². The summed E-state index contributed by atoms with van der Waals surface area (Å²) in [6, 6.07) is 1.33. The lowest BCUT2D eigenvalue weighted by Gasteiger charge is -2.17. The molecule has 1 amide bonds. The van der Waals surface area contributed by atoms with Crippen molar-refractivity contribution in [2.75, 3.05) is 5.01 Å². The van der Waals surface area contributed by atoms with Crippen LogP contribution in [0.15, 0.2) is 27.0 Å². The molecule has 0 unspecified atom stereocenters. The Balaban J connectivity index is 2.75. The summed E-state index contributed by atoms with van der Waals surface area (Å²) in [6.07, 6.45) is -0.546. The van der Waals surface area contributed by atoms with Crippen LogP contribution in [0.3, 0.4) is 0 Å². The molecule has 2 rings (SSSR count). The molecule has 1 aliphatic rings. The molecule has 0 fully saturated rings. The number of carboxylic acids is 1. The minimum Gasteiger partial charge on any atom is -0.477 e. The lowest BCUT2D eigenvalue weighted by molar-refractivity contribution is -0.129. The van der Waals surface area contributed by atoms with E-state index in [9.17, 15) is 26.4 Å². The topological polar surface area (TPSA) is 179 Å². The molecule has 0 atom stereocenters. The summed E-state index contributed by atoms with van der Waals surface area (Å²) in [5.41, 5.74) is -0.748. The number of benzene rings is 1. The number of amides is 1. The van der Waals surface area contributed by atoms with Crippen molar-refractivity contribution >= 4 is 43.5 Å². The molecule has 13 heteroatoms. The van der Waals surface area contributed by atoms with E-state index in [4.69, 9.17) is 14.2 Å². The van der Waals surface area contributed by atoms with Gasteiger partial charge in [0.1, 0.15) is 9.79 Å². The fraction of sp³-hybridized carbons (Fsp3) is 0.182. The quantitative estimate of drug-likeness (QED) is 0.591. The zero-order valence-electron chi connectivity index (χ0n) is 11.9. The Morgan fingerprint density at radius 1 is 1.12 bits per heavy atom. The van der Waals surface area contributed by atoms with E-state index in [2.05, 4.69) is 5.10 Å². The normalized spacial score (nSPS) is 15.5. The van der Waals surface area contributed by atoms with Crippen LogP contribution in [0.4, 0.5) is 5.69 Å². The number of anilines is 1. The third kappa shape index (κ3) is 3.28. The lowest BCUT2D eigenvalue weighted by atomic mass is 10.2. The maximum Gasteiger partial charge on any atom is 0.352 e. The molecule has 1 aliphatic heterocycles. The van der Waals surface area contributed by atoms with Crippen molar-refractivity contribution < 1.29 is 40.6 Å². The second-order valence-electron chi connectivity index (χ2n) is 4.77.